The number of aryl methyl sites for hydroxylation is 1. The number of hydrazone groups is 1. The molecule has 2 aromatic carbocycles. The first-order valence-electron chi connectivity index (χ1n) is 8.47. The van der Waals surface area contributed by atoms with Crippen LogP contribution in [-0.2, 0) is 10.2 Å². The third kappa shape index (κ3) is 5.91. The lowest BCUT2D eigenvalue weighted by Crippen LogP contribution is -2.24. The van der Waals surface area contributed by atoms with Crippen LogP contribution in [0.2, 0.25) is 0 Å². The first-order valence-corrected chi connectivity index (χ1v) is 8.47. The number of hydrogen-bond donors (Lipinski definition) is 1. The Kier molecular flexibility index (Phi) is 6.28. The van der Waals surface area contributed by atoms with Gasteiger partial charge in [-0.3, -0.25) is 14.9 Å². The molecule has 0 aliphatic carbocycles. The van der Waals surface area contributed by atoms with Crippen molar-refractivity contribution >= 4 is 17.8 Å². The summed E-state index contributed by atoms with van der Waals surface area (Å²) < 4.78 is 5.55. The Morgan fingerprint density at radius 1 is 1.22 bits per heavy atom. The van der Waals surface area contributed by atoms with E-state index in [1.165, 1.54) is 23.9 Å². The van der Waals surface area contributed by atoms with Crippen molar-refractivity contribution in [3.05, 3.63) is 69.3 Å². The molecule has 0 fully saturated rings. The average Bonchev–Trinajstić information content (AvgIpc) is 2.60. The quantitative estimate of drug-likeness (QED) is 0.477. The SMILES string of the molecule is Cc1cc(C(C)(C)C)ccc1OCC(=O)NN=Cc1ccc([N+](=O)[O-])cc1. The van der Waals surface area contributed by atoms with Crippen LogP contribution < -0.4 is 10.2 Å². The van der Waals surface area contributed by atoms with E-state index in [4.69, 9.17) is 4.74 Å². The van der Waals surface area contributed by atoms with E-state index in [1.54, 1.807) is 12.1 Å². The van der Waals surface area contributed by atoms with Crippen molar-refractivity contribution in [2.45, 2.75) is 33.1 Å². The Labute approximate surface area is 158 Å². The molecule has 0 bridgehead atoms. The second-order valence-corrected chi connectivity index (χ2v) is 7.16. The van der Waals surface area contributed by atoms with Gasteiger partial charge < -0.3 is 4.74 Å². The molecule has 0 heterocycles. The monoisotopic (exact) mass is 369 g/mol. The highest BCUT2D eigenvalue weighted by atomic mass is 16.6. The van der Waals surface area contributed by atoms with Crippen molar-refractivity contribution in [1.82, 2.24) is 5.43 Å². The van der Waals surface area contributed by atoms with E-state index < -0.39 is 10.8 Å². The van der Waals surface area contributed by atoms with Crippen molar-refractivity contribution in [3.8, 4) is 5.75 Å². The van der Waals surface area contributed by atoms with Crippen LogP contribution in [0.3, 0.4) is 0 Å². The van der Waals surface area contributed by atoms with Gasteiger partial charge in [0.1, 0.15) is 5.75 Å². The van der Waals surface area contributed by atoms with Gasteiger partial charge in [0, 0.05) is 12.1 Å². The van der Waals surface area contributed by atoms with Gasteiger partial charge in [0.05, 0.1) is 11.1 Å². The Bertz CT molecular complexity index is 853. The number of benzene rings is 2. The number of carbonyl (C=O) groups excluding carboxylic acids is 1. The minimum Gasteiger partial charge on any atom is -0.483 e. The van der Waals surface area contributed by atoms with Gasteiger partial charge in [-0.25, -0.2) is 5.43 Å². The molecule has 27 heavy (non-hydrogen) atoms. The van der Waals surface area contributed by atoms with Gasteiger partial charge in [0.15, 0.2) is 6.61 Å². The fourth-order valence-electron chi connectivity index (χ4n) is 2.31. The molecule has 7 nitrogen and oxygen atoms in total. The standard InChI is InChI=1S/C20H23N3O4/c1-14-11-16(20(2,3)4)7-10-18(14)27-13-19(24)22-21-12-15-5-8-17(9-6-15)23(25)26/h5-12H,13H2,1-4H3,(H,22,24). The molecular weight excluding hydrogens is 346 g/mol. The summed E-state index contributed by atoms with van der Waals surface area (Å²) in [6, 6.07) is 11.7. The molecule has 0 atom stereocenters. The van der Waals surface area contributed by atoms with Crippen LogP contribution in [0.25, 0.3) is 0 Å². The van der Waals surface area contributed by atoms with Crippen LogP contribution >= 0.6 is 0 Å². The van der Waals surface area contributed by atoms with Gasteiger partial charge in [0.25, 0.3) is 11.6 Å². The average molecular weight is 369 g/mol. The van der Waals surface area contributed by atoms with Crippen LogP contribution in [0.5, 0.6) is 5.75 Å². The fraction of sp³-hybridized carbons (Fsp3) is 0.300. The predicted molar refractivity (Wildman–Crippen MR) is 104 cm³/mol. The summed E-state index contributed by atoms with van der Waals surface area (Å²) in [5, 5.41) is 14.4. The van der Waals surface area contributed by atoms with E-state index >= 15 is 0 Å². The number of ether oxygens (including phenoxy) is 1. The topological polar surface area (TPSA) is 93.8 Å². The maximum atomic E-state index is 11.8. The first-order chi connectivity index (χ1) is 12.7. The molecule has 0 unspecified atom stereocenters. The van der Waals surface area contributed by atoms with Crippen molar-refractivity contribution in [2.24, 2.45) is 5.10 Å². The molecule has 142 valence electrons. The summed E-state index contributed by atoms with van der Waals surface area (Å²) in [5.41, 5.74) is 5.21. The fourth-order valence-corrected chi connectivity index (χ4v) is 2.31. The number of nitro benzene ring substituents is 1. The maximum absolute atomic E-state index is 11.8. The van der Waals surface area contributed by atoms with Gasteiger partial charge >= 0.3 is 0 Å². The zero-order valence-electron chi connectivity index (χ0n) is 15.9. The van der Waals surface area contributed by atoms with E-state index in [-0.39, 0.29) is 17.7 Å². The third-order valence-corrected chi connectivity index (χ3v) is 3.91. The Hall–Kier alpha value is -3.22. The van der Waals surface area contributed by atoms with Gasteiger partial charge in [-0.05, 0) is 47.2 Å². The van der Waals surface area contributed by atoms with Gasteiger partial charge in [-0.15, -0.1) is 0 Å². The highest BCUT2D eigenvalue weighted by Crippen LogP contribution is 2.27. The lowest BCUT2D eigenvalue weighted by molar-refractivity contribution is -0.384. The number of carbonyl (C=O) groups is 1. The molecule has 0 spiro atoms. The number of rotatable bonds is 6. The number of nitrogens with one attached hydrogen (secondary N) is 1. The van der Waals surface area contributed by atoms with Crippen LogP contribution in [0.4, 0.5) is 5.69 Å². The molecule has 2 aromatic rings. The normalized spacial score (nSPS) is 11.4. The molecule has 7 heteroatoms. The lowest BCUT2D eigenvalue weighted by atomic mass is 9.86. The zero-order valence-corrected chi connectivity index (χ0v) is 15.9. The van der Waals surface area contributed by atoms with Crippen LogP contribution in [0.1, 0.15) is 37.5 Å². The number of amides is 1. The maximum Gasteiger partial charge on any atom is 0.277 e. The van der Waals surface area contributed by atoms with Gasteiger partial charge in [-0.1, -0.05) is 32.9 Å². The highest BCUT2D eigenvalue weighted by molar-refractivity contribution is 5.83. The number of non-ortho nitro benzene ring substituents is 1. The van der Waals surface area contributed by atoms with Crippen molar-refractivity contribution < 1.29 is 14.5 Å². The van der Waals surface area contributed by atoms with Crippen molar-refractivity contribution in [1.29, 1.82) is 0 Å². The van der Waals surface area contributed by atoms with Crippen molar-refractivity contribution in [2.75, 3.05) is 6.61 Å². The van der Waals surface area contributed by atoms with E-state index in [2.05, 4.69) is 37.4 Å². The molecule has 1 N–H and O–H groups in total. The summed E-state index contributed by atoms with van der Waals surface area (Å²) in [6.07, 6.45) is 1.41. The summed E-state index contributed by atoms with van der Waals surface area (Å²) >= 11 is 0. The molecule has 0 radical (unpaired) electrons. The predicted octanol–water partition coefficient (Wildman–Crippen LogP) is 3.73. The third-order valence-electron chi connectivity index (χ3n) is 3.91. The summed E-state index contributed by atoms with van der Waals surface area (Å²) in [7, 11) is 0. The largest absolute Gasteiger partial charge is 0.483 e. The number of nitrogens with zero attached hydrogens (tertiary/aromatic N) is 2. The molecule has 0 saturated carbocycles. The molecular formula is C20H23N3O4. The summed E-state index contributed by atoms with van der Waals surface area (Å²) in [4.78, 5) is 22.0. The van der Waals surface area contributed by atoms with E-state index in [1.807, 2.05) is 19.1 Å². The Balaban J connectivity index is 1.86. The molecule has 1 amide bonds. The molecule has 0 aliphatic heterocycles. The second kappa shape index (κ2) is 8.44. The smallest absolute Gasteiger partial charge is 0.277 e. The molecule has 2 rings (SSSR count). The van der Waals surface area contributed by atoms with Crippen LogP contribution in [0, 0.1) is 17.0 Å². The lowest BCUT2D eigenvalue weighted by Gasteiger charge is -2.20. The highest BCUT2D eigenvalue weighted by Gasteiger charge is 2.15. The Morgan fingerprint density at radius 2 is 1.89 bits per heavy atom. The molecule has 0 aliphatic rings. The Morgan fingerprint density at radius 3 is 2.44 bits per heavy atom. The zero-order chi connectivity index (χ0) is 20.0. The van der Waals surface area contributed by atoms with E-state index in [0.29, 0.717) is 11.3 Å². The van der Waals surface area contributed by atoms with E-state index in [0.717, 1.165) is 5.56 Å². The molecule has 0 aromatic heterocycles. The summed E-state index contributed by atoms with van der Waals surface area (Å²) in [6.45, 7) is 8.19. The van der Waals surface area contributed by atoms with Gasteiger partial charge in [-0.2, -0.15) is 5.10 Å². The molecule has 0 saturated heterocycles. The van der Waals surface area contributed by atoms with Crippen LogP contribution in [0.15, 0.2) is 47.6 Å². The number of nitro groups is 1. The minimum atomic E-state index is -0.476. The van der Waals surface area contributed by atoms with Crippen LogP contribution in [-0.4, -0.2) is 23.7 Å². The minimum absolute atomic E-state index is 0.00238. The summed E-state index contributed by atoms with van der Waals surface area (Å²) in [5.74, 6) is 0.255. The first kappa shape index (κ1) is 20.1. The van der Waals surface area contributed by atoms with Crippen molar-refractivity contribution in [3.63, 3.8) is 0 Å². The van der Waals surface area contributed by atoms with Gasteiger partial charge in [0.2, 0.25) is 0 Å². The second-order valence-electron chi connectivity index (χ2n) is 7.16. The number of hydrogen-bond acceptors (Lipinski definition) is 5. The van der Waals surface area contributed by atoms with E-state index in [9.17, 15) is 14.9 Å².